The maximum absolute atomic E-state index is 12.4. The summed E-state index contributed by atoms with van der Waals surface area (Å²) in [5.41, 5.74) is 0.902. The first kappa shape index (κ1) is 27.4. The molecule has 28 heavy (non-hydrogen) atoms. The Morgan fingerprint density at radius 3 is 2.14 bits per heavy atom. The van der Waals surface area contributed by atoms with E-state index in [1.54, 1.807) is 4.90 Å². The molecule has 0 aliphatic rings. The standard InChI is InChI=1S/C20H33NO5S.Na.H/c1-2-3-4-5-6-7-11-15-21(16-12-17-27(23,24)25)20(22)26-18-19-13-9-8-10-14-19;;/h8-10,13-14H,2-7,11-12,15-18H2,1H3,(H,23,24,25);;. The van der Waals surface area contributed by atoms with Crippen LogP contribution in [-0.2, 0) is 21.5 Å². The molecule has 0 aliphatic heterocycles. The summed E-state index contributed by atoms with van der Waals surface area (Å²) in [7, 11) is -4.02. The van der Waals surface area contributed by atoms with E-state index in [9.17, 15) is 13.2 Å². The average Bonchev–Trinajstić information content (AvgIpc) is 2.64. The number of unbranched alkanes of at least 4 members (excludes halogenated alkanes) is 6. The molecule has 0 spiro atoms. The summed E-state index contributed by atoms with van der Waals surface area (Å²) in [6.45, 7) is 3.16. The molecule has 8 heteroatoms. The molecule has 0 atom stereocenters. The Morgan fingerprint density at radius 2 is 1.54 bits per heavy atom. The Balaban J connectivity index is 0.00000729. The van der Waals surface area contributed by atoms with Crippen molar-refractivity contribution >= 4 is 45.8 Å². The van der Waals surface area contributed by atoms with Crippen molar-refractivity contribution in [1.29, 1.82) is 0 Å². The second-order valence-corrected chi connectivity index (χ2v) is 8.36. The van der Waals surface area contributed by atoms with Crippen LogP contribution in [0, 0.1) is 0 Å². The number of hydrogen-bond acceptors (Lipinski definition) is 4. The van der Waals surface area contributed by atoms with E-state index in [0.717, 1.165) is 24.8 Å². The average molecular weight is 424 g/mol. The molecule has 1 rings (SSSR count). The van der Waals surface area contributed by atoms with Crippen LogP contribution >= 0.6 is 0 Å². The van der Waals surface area contributed by atoms with Crippen LogP contribution in [0.4, 0.5) is 4.79 Å². The fraction of sp³-hybridized carbons (Fsp3) is 0.650. The van der Waals surface area contributed by atoms with Gasteiger partial charge in [-0.25, -0.2) is 4.79 Å². The first-order valence-electron chi connectivity index (χ1n) is 9.83. The molecule has 0 radical (unpaired) electrons. The van der Waals surface area contributed by atoms with Crippen molar-refractivity contribution in [2.24, 2.45) is 0 Å². The van der Waals surface area contributed by atoms with Crippen LogP contribution in [0.25, 0.3) is 0 Å². The molecule has 0 heterocycles. The zero-order valence-corrected chi connectivity index (χ0v) is 17.1. The summed E-state index contributed by atoms with van der Waals surface area (Å²) in [6.07, 6.45) is 7.70. The molecule has 1 aromatic carbocycles. The molecule has 156 valence electrons. The zero-order valence-electron chi connectivity index (χ0n) is 16.3. The van der Waals surface area contributed by atoms with E-state index in [1.807, 2.05) is 30.3 Å². The number of ether oxygens (including phenoxy) is 1. The molecule has 1 aromatic rings. The minimum absolute atomic E-state index is 0. The van der Waals surface area contributed by atoms with Gasteiger partial charge in [-0.15, -0.1) is 0 Å². The predicted molar refractivity (Wildman–Crippen MR) is 114 cm³/mol. The summed E-state index contributed by atoms with van der Waals surface area (Å²) in [5, 5.41) is 0. The molecule has 0 saturated heterocycles. The van der Waals surface area contributed by atoms with Crippen LogP contribution in [0.2, 0.25) is 0 Å². The molecule has 0 unspecified atom stereocenters. The van der Waals surface area contributed by atoms with Crippen LogP contribution in [0.3, 0.4) is 0 Å². The van der Waals surface area contributed by atoms with Crippen molar-refractivity contribution < 1.29 is 22.5 Å². The third kappa shape index (κ3) is 14.4. The van der Waals surface area contributed by atoms with Crippen LogP contribution < -0.4 is 0 Å². The Hall–Kier alpha value is -0.600. The second-order valence-electron chi connectivity index (χ2n) is 6.79. The predicted octanol–water partition coefficient (Wildman–Crippen LogP) is 4.01. The summed E-state index contributed by atoms with van der Waals surface area (Å²) in [5.74, 6) is -0.355. The number of hydrogen-bond donors (Lipinski definition) is 1. The van der Waals surface area contributed by atoms with Gasteiger partial charge < -0.3 is 9.64 Å². The van der Waals surface area contributed by atoms with E-state index in [4.69, 9.17) is 9.29 Å². The number of nitrogens with zero attached hydrogens (tertiary/aromatic N) is 1. The van der Waals surface area contributed by atoms with E-state index >= 15 is 0 Å². The van der Waals surface area contributed by atoms with Gasteiger partial charge in [-0.05, 0) is 18.4 Å². The third-order valence-electron chi connectivity index (χ3n) is 4.33. The molecule has 1 amide bonds. The molecule has 0 fully saturated rings. The number of benzene rings is 1. The van der Waals surface area contributed by atoms with Crippen molar-refractivity contribution in [2.75, 3.05) is 18.8 Å². The van der Waals surface area contributed by atoms with Crippen molar-refractivity contribution in [2.45, 2.75) is 64.9 Å². The number of amides is 1. The monoisotopic (exact) mass is 423 g/mol. The Kier molecular flexibility index (Phi) is 15.9. The summed E-state index contributed by atoms with van der Waals surface area (Å²) in [4.78, 5) is 13.9. The van der Waals surface area contributed by atoms with E-state index in [1.165, 1.54) is 25.7 Å². The molecule has 0 aliphatic carbocycles. The van der Waals surface area contributed by atoms with Crippen LogP contribution in [0.1, 0.15) is 63.9 Å². The fourth-order valence-electron chi connectivity index (χ4n) is 2.80. The van der Waals surface area contributed by atoms with E-state index < -0.39 is 16.2 Å². The van der Waals surface area contributed by atoms with E-state index in [-0.39, 0.29) is 54.9 Å². The summed E-state index contributed by atoms with van der Waals surface area (Å²) >= 11 is 0. The third-order valence-corrected chi connectivity index (χ3v) is 5.13. The van der Waals surface area contributed by atoms with Gasteiger partial charge in [-0.1, -0.05) is 75.8 Å². The summed E-state index contributed by atoms with van der Waals surface area (Å²) < 4.78 is 36.0. The molecular formula is C20H34NNaO5S. The number of rotatable bonds is 14. The zero-order chi connectivity index (χ0) is 20.0. The number of carbonyl (C=O) groups excluding carboxylic acids is 1. The van der Waals surface area contributed by atoms with Gasteiger partial charge in [-0.3, -0.25) is 4.55 Å². The first-order valence-corrected chi connectivity index (χ1v) is 11.4. The first-order chi connectivity index (χ1) is 12.9. The van der Waals surface area contributed by atoms with Gasteiger partial charge in [0.25, 0.3) is 10.1 Å². The Bertz CT molecular complexity index is 625. The van der Waals surface area contributed by atoms with Gasteiger partial charge in [0.15, 0.2) is 0 Å². The molecule has 1 N–H and O–H groups in total. The van der Waals surface area contributed by atoms with Crippen molar-refractivity contribution in [1.82, 2.24) is 4.90 Å². The van der Waals surface area contributed by atoms with Gasteiger partial charge >= 0.3 is 35.7 Å². The second kappa shape index (κ2) is 16.2. The van der Waals surface area contributed by atoms with Gasteiger partial charge in [0.1, 0.15) is 6.61 Å². The van der Waals surface area contributed by atoms with Gasteiger partial charge in [0.05, 0.1) is 5.75 Å². The minimum atomic E-state index is -4.02. The molecule has 0 saturated carbocycles. The number of carbonyl (C=O) groups is 1. The van der Waals surface area contributed by atoms with Gasteiger partial charge in [0.2, 0.25) is 0 Å². The van der Waals surface area contributed by atoms with Crippen molar-refractivity contribution in [3.8, 4) is 0 Å². The van der Waals surface area contributed by atoms with Crippen molar-refractivity contribution in [3.63, 3.8) is 0 Å². The van der Waals surface area contributed by atoms with E-state index in [2.05, 4.69) is 6.92 Å². The normalized spacial score (nSPS) is 10.9. The molecule has 0 aromatic heterocycles. The molecule has 6 nitrogen and oxygen atoms in total. The molecule has 0 bridgehead atoms. The Morgan fingerprint density at radius 1 is 0.964 bits per heavy atom. The quantitative estimate of drug-likeness (QED) is 0.278. The van der Waals surface area contributed by atoms with Gasteiger partial charge in [0, 0.05) is 13.1 Å². The molecular weight excluding hydrogens is 389 g/mol. The SMILES string of the molecule is CCCCCCCCCN(CCCS(=O)(=O)O)C(=O)OCc1ccccc1.[NaH]. The topological polar surface area (TPSA) is 83.9 Å². The van der Waals surface area contributed by atoms with E-state index in [0.29, 0.717) is 6.54 Å². The van der Waals surface area contributed by atoms with Gasteiger partial charge in [-0.2, -0.15) is 8.42 Å². The van der Waals surface area contributed by atoms with Crippen molar-refractivity contribution in [3.05, 3.63) is 35.9 Å². The maximum atomic E-state index is 12.4. The van der Waals surface area contributed by atoms with Crippen LogP contribution in [0.15, 0.2) is 30.3 Å². The van der Waals surface area contributed by atoms with Crippen LogP contribution in [0.5, 0.6) is 0 Å². The fourth-order valence-corrected chi connectivity index (χ4v) is 3.30. The summed E-state index contributed by atoms with van der Waals surface area (Å²) in [6, 6.07) is 9.42. The Labute approximate surface area is 192 Å². The van der Waals surface area contributed by atoms with Crippen LogP contribution in [-0.4, -0.2) is 72.4 Å².